The fraction of sp³-hybridized carbons (Fsp3) is 0.125. The maximum absolute atomic E-state index is 5.57. The van der Waals surface area contributed by atoms with Crippen molar-refractivity contribution in [3.05, 3.63) is 48.5 Å². The van der Waals surface area contributed by atoms with E-state index in [2.05, 4.69) is 15.4 Å². The number of para-hydroxylation sites is 1. The highest BCUT2D eigenvalue weighted by atomic mass is 16.5. The fourth-order valence-electron chi connectivity index (χ4n) is 2.26. The van der Waals surface area contributed by atoms with Crippen LogP contribution in [0.4, 0.5) is 17.6 Å². The number of aryl methyl sites for hydroxylation is 1. The van der Waals surface area contributed by atoms with E-state index in [0.29, 0.717) is 5.95 Å². The molecule has 0 saturated carbocycles. The molecule has 0 aliphatic heterocycles. The van der Waals surface area contributed by atoms with E-state index in [-0.39, 0.29) is 5.95 Å². The molecule has 6 heteroatoms. The van der Waals surface area contributed by atoms with Gasteiger partial charge in [0.25, 0.3) is 0 Å². The van der Waals surface area contributed by atoms with Gasteiger partial charge in [-0.05, 0) is 23.8 Å². The molecule has 1 heterocycles. The Balaban J connectivity index is 1.85. The molecule has 0 bridgehead atoms. The zero-order valence-corrected chi connectivity index (χ0v) is 12.4. The second-order valence-electron chi connectivity index (χ2n) is 4.82. The van der Waals surface area contributed by atoms with Crippen LogP contribution in [0.25, 0.3) is 11.1 Å². The minimum Gasteiger partial charge on any atom is -0.496 e. The Hall–Kier alpha value is -3.02. The third kappa shape index (κ3) is 2.71. The van der Waals surface area contributed by atoms with Crippen molar-refractivity contribution in [2.45, 2.75) is 0 Å². The number of nitrogen functional groups attached to an aromatic ring is 1. The lowest BCUT2D eigenvalue weighted by Crippen LogP contribution is -2.00. The first kappa shape index (κ1) is 13.9. The Kier molecular flexibility index (Phi) is 3.65. The van der Waals surface area contributed by atoms with Gasteiger partial charge in [0.2, 0.25) is 11.9 Å². The van der Waals surface area contributed by atoms with Gasteiger partial charge in [0.15, 0.2) is 0 Å². The molecular weight excluding hydrogens is 278 g/mol. The number of ether oxygens (including phenoxy) is 1. The summed E-state index contributed by atoms with van der Waals surface area (Å²) < 4.78 is 6.99. The molecule has 0 aliphatic carbocycles. The average molecular weight is 295 g/mol. The van der Waals surface area contributed by atoms with Crippen molar-refractivity contribution in [3.63, 3.8) is 0 Å². The van der Waals surface area contributed by atoms with Gasteiger partial charge in [-0.25, -0.2) is 4.68 Å². The number of nitrogens with zero attached hydrogens (tertiary/aromatic N) is 3. The summed E-state index contributed by atoms with van der Waals surface area (Å²) in [6, 6.07) is 15.9. The summed E-state index contributed by atoms with van der Waals surface area (Å²) in [6.07, 6.45) is 0. The van der Waals surface area contributed by atoms with Crippen molar-refractivity contribution < 1.29 is 4.74 Å². The first-order valence-corrected chi connectivity index (χ1v) is 6.84. The van der Waals surface area contributed by atoms with Gasteiger partial charge in [-0.15, -0.1) is 5.10 Å². The van der Waals surface area contributed by atoms with Gasteiger partial charge < -0.3 is 15.8 Å². The molecule has 0 spiro atoms. The number of methoxy groups -OCH3 is 1. The number of benzene rings is 2. The maximum Gasteiger partial charge on any atom is 0.241 e. The number of rotatable bonds is 4. The van der Waals surface area contributed by atoms with E-state index >= 15 is 0 Å². The van der Waals surface area contributed by atoms with Crippen LogP contribution in [-0.4, -0.2) is 21.9 Å². The van der Waals surface area contributed by atoms with E-state index in [0.717, 1.165) is 22.6 Å². The first-order valence-electron chi connectivity index (χ1n) is 6.84. The molecule has 3 rings (SSSR count). The summed E-state index contributed by atoms with van der Waals surface area (Å²) in [4.78, 5) is 4.11. The maximum atomic E-state index is 5.57. The summed E-state index contributed by atoms with van der Waals surface area (Å²) in [5.74, 6) is 1.70. The van der Waals surface area contributed by atoms with Gasteiger partial charge in [0.05, 0.1) is 7.11 Å². The Morgan fingerprint density at radius 3 is 2.45 bits per heavy atom. The van der Waals surface area contributed by atoms with Crippen LogP contribution in [0.15, 0.2) is 48.5 Å². The van der Waals surface area contributed by atoms with Crippen LogP contribution >= 0.6 is 0 Å². The Bertz CT molecular complexity index is 779. The lowest BCUT2D eigenvalue weighted by atomic mass is 10.0. The predicted molar refractivity (Wildman–Crippen MR) is 87.1 cm³/mol. The van der Waals surface area contributed by atoms with Gasteiger partial charge >= 0.3 is 0 Å². The predicted octanol–water partition coefficient (Wildman–Crippen LogP) is 2.82. The molecule has 0 aliphatic rings. The first-order chi connectivity index (χ1) is 10.7. The normalized spacial score (nSPS) is 10.5. The van der Waals surface area contributed by atoms with Gasteiger partial charge in [0.1, 0.15) is 5.75 Å². The van der Waals surface area contributed by atoms with Crippen LogP contribution < -0.4 is 15.8 Å². The number of nitrogens with two attached hydrogens (primary N) is 1. The Morgan fingerprint density at radius 1 is 1.09 bits per heavy atom. The van der Waals surface area contributed by atoms with Crippen LogP contribution in [0, 0.1) is 0 Å². The van der Waals surface area contributed by atoms with E-state index in [1.165, 1.54) is 0 Å². The minimum atomic E-state index is 0.246. The van der Waals surface area contributed by atoms with Gasteiger partial charge in [-0.1, -0.05) is 30.3 Å². The molecule has 0 saturated heterocycles. The molecule has 2 aromatic carbocycles. The third-order valence-corrected chi connectivity index (χ3v) is 3.34. The zero-order valence-electron chi connectivity index (χ0n) is 12.4. The smallest absolute Gasteiger partial charge is 0.241 e. The molecular formula is C16H17N5O. The Labute approximate surface area is 128 Å². The van der Waals surface area contributed by atoms with Crippen molar-refractivity contribution in [1.82, 2.24) is 14.8 Å². The van der Waals surface area contributed by atoms with Gasteiger partial charge in [0, 0.05) is 18.3 Å². The SMILES string of the molecule is COc1ccccc1-c1ccc(Nc2nc(N)nn2C)cc1. The number of hydrogen-bond donors (Lipinski definition) is 2. The number of aromatic nitrogens is 3. The van der Waals surface area contributed by atoms with Crippen LogP contribution in [0.3, 0.4) is 0 Å². The summed E-state index contributed by atoms with van der Waals surface area (Å²) >= 11 is 0. The lowest BCUT2D eigenvalue weighted by molar-refractivity contribution is 0.416. The summed E-state index contributed by atoms with van der Waals surface area (Å²) in [5.41, 5.74) is 8.62. The van der Waals surface area contributed by atoms with Crippen LogP contribution in [0.2, 0.25) is 0 Å². The lowest BCUT2D eigenvalue weighted by Gasteiger charge is -2.09. The molecule has 6 nitrogen and oxygen atoms in total. The largest absolute Gasteiger partial charge is 0.496 e. The quantitative estimate of drug-likeness (QED) is 0.774. The van der Waals surface area contributed by atoms with Crippen LogP contribution in [-0.2, 0) is 7.05 Å². The molecule has 1 aromatic heterocycles. The highest BCUT2D eigenvalue weighted by molar-refractivity contribution is 5.72. The van der Waals surface area contributed by atoms with E-state index in [1.54, 1.807) is 18.8 Å². The van der Waals surface area contributed by atoms with Crippen molar-refractivity contribution in [3.8, 4) is 16.9 Å². The number of nitrogens with one attached hydrogen (secondary N) is 1. The summed E-state index contributed by atoms with van der Waals surface area (Å²) in [5, 5.41) is 7.18. The van der Waals surface area contributed by atoms with Crippen molar-refractivity contribution in [1.29, 1.82) is 0 Å². The molecule has 0 fully saturated rings. The van der Waals surface area contributed by atoms with Crippen molar-refractivity contribution in [2.24, 2.45) is 7.05 Å². The summed E-state index contributed by atoms with van der Waals surface area (Å²) in [7, 11) is 3.46. The topological polar surface area (TPSA) is 78.0 Å². The van der Waals surface area contributed by atoms with Gasteiger partial charge in [-0.3, -0.25) is 0 Å². The van der Waals surface area contributed by atoms with E-state index in [9.17, 15) is 0 Å². The zero-order chi connectivity index (χ0) is 15.5. The van der Waals surface area contributed by atoms with Crippen LogP contribution in [0.5, 0.6) is 5.75 Å². The second-order valence-corrected chi connectivity index (χ2v) is 4.82. The molecule has 3 aromatic rings. The molecule has 3 N–H and O–H groups in total. The monoisotopic (exact) mass is 295 g/mol. The number of hydrogen-bond acceptors (Lipinski definition) is 5. The molecule has 0 radical (unpaired) electrons. The molecule has 0 unspecified atom stereocenters. The number of anilines is 3. The fourth-order valence-corrected chi connectivity index (χ4v) is 2.26. The highest BCUT2D eigenvalue weighted by Crippen LogP contribution is 2.30. The standard InChI is InChI=1S/C16H17N5O/c1-21-16(19-15(17)20-21)18-12-9-7-11(8-10-12)13-5-3-4-6-14(13)22-2/h3-10H,1-2H3,(H3,17,18,19,20). The van der Waals surface area contributed by atoms with Crippen LogP contribution in [0.1, 0.15) is 0 Å². The highest BCUT2D eigenvalue weighted by Gasteiger charge is 2.07. The Morgan fingerprint density at radius 2 is 1.82 bits per heavy atom. The summed E-state index contributed by atoms with van der Waals surface area (Å²) in [6.45, 7) is 0. The van der Waals surface area contributed by atoms with E-state index in [4.69, 9.17) is 10.5 Å². The van der Waals surface area contributed by atoms with E-state index < -0.39 is 0 Å². The molecule has 112 valence electrons. The van der Waals surface area contributed by atoms with Crippen molar-refractivity contribution in [2.75, 3.05) is 18.2 Å². The third-order valence-electron chi connectivity index (χ3n) is 3.34. The van der Waals surface area contributed by atoms with E-state index in [1.807, 2.05) is 48.5 Å². The average Bonchev–Trinajstić information content (AvgIpc) is 2.85. The van der Waals surface area contributed by atoms with Crippen molar-refractivity contribution >= 4 is 17.6 Å². The minimum absolute atomic E-state index is 0.246. The molecule has 0 amide bonds. The molecule has 0 atom stereocenters. The molecule has 22 heavy (non-hydrogen) atoms. The van der Waals surface area contributed by atoms with Gasteiger partial charge in [-0.2, -0.15) is 4.98 Å². The second kappa shape index (κ2) is 5.77.